The predicted molar refractivity (Wildman–Crippen MR) is 76.0 cm³/mol. The summed E-state index contributed by atoms with van der Waals surface area (Å²) in [7, 11) is 2.22. The third-order valence-corrected chi connectivity index (χ3v) is 3.90. The molecule has 2 rings (SSSR count). The molecule has 0 bridgehead atoms. The summed E-state index contributed by atoms with van der Waals surface area (Å²) in [5.74, 6) is 0. The van der Waals surface area contributed by atoms with Crippen LogP contribution in [0.25, 0.3) is 0 Å². The Morgan fingerprint density at radius 1 is 1.28 bits per heavy atom. The molecule has 3 heteroatoms. The second kappa shape index (κ2) is 6.76. The zero-order valence-corrected chi connectivity index (χ0v) is 11.3. The SMILES string of the molecule is CN1CCCC1CCN(CCO)c1ccccc1. The first-order valence-electron chi connectivity index (χ1n) is 6.92. The summed E-state index contributed by atoms with van der Waals surface area (Å²) in [6.45, 7) is 3.20. The van der Waals surface area contributed by atoms with E-state index in [2.05, 4.69) is 41.1 Å². The lowest BCUT2D eigenvalue weighted by atomic mass is 10.1. The number of benzene rings is 1. The maximum absolute atomic E-state index is 9.19. The van der Waals surface area contributed by atoms with E-state index < -0.39 is 0 Å². The van der Waals surface area contributed by atoms with E-state index in [0.29, 0.717) is 0 Å². The first kappa shape index (κ1) is 13.4. The third kappa shape index (κ3) is 3.47. The summed E-state index contributed by atoms with van der Waals surface area (Å²) in [4.78, 5) is 4.74. The number of likely N-dealkylation sites (tertiary alicyclic amines) is 1. The number of nitrogens with zero attached hydrogens (tertiary/aromatic N) is 2. The fourth-order valence-corrected chi connectivity index (χ4v) is 2.78. The second-order valence-electron chi connectivity index (χ2n) is 5.11. The Balaban J connectivity index is 1.90. The highest BCUT2D eigenvalue weighted by Gasteiger charge is 2.21. The summed E-state index contributed by atoms with van der Waals surface area (Å²) in [5, 5.41) is 9.19. The molecule has 1 heterocycles. The Morgan fingerprint density at radius 3 is 2.67 bits per heavy atom. The van der Waals surface area contributed by atoms with Gasteiger partial charge >= 0.3 is 0 Å². The van der Waals surface area contributed by atoms with Gasteiger partial charge in [0.15, 0.2) is 0 Å². The lowest BCUT2D eigenvalue weighted by Crippen LogP contribution is -2.33. The van der Waals surface area contributed by atoms with Crippen LogP contribution in [0, 0.1) is 0 Å². The highest BCUT2D eigenvalue weighted by molar-refractivity contribution is 5.45. The van der Waals surface area contributed by atoms with Gasteiger partial charge in [-0.15, -0.1) is 0 Å². The first-order chi connectivity index (χ1) is 8.81. The van der Waals surface area contributed by atoms with Crippen LogP contribution in [0.4, 0.5) is 5.69 Å². The van der Waals surface area contributed by atoms with E-state index in [1.807, 2.05) is 6.07 Å². The lowest BCUT2D eigenvalue weighted by Gasteiger charge is -2.27. The fraction of sp³-hybridized carbons (Fsp3) is 0.600. The molecule has 1 aliphatic rings. The molecule has 1 fully saturated rings. The number of anilines is 1. The molecule has 100 valence electrons. The van der Waals surface area contributed by atoms with Crippen molar-refractivity contribution in [3.63, 3.8) is 0 Å². The van der Waals surface area contributed by atoms with E-state index in [4.69, 9.17) is 0 Å². The van der Waals surface area contributed by atoms with Gasteiger partial charge in [-0.1, -0.05) is 18.2 Å². The molecule has 0 spiro atoms. The molecule has 0 aromatic heterocycles. The van der Waals surface area contributed by atoms with Crippen molar-refractivity contribution in [2.24, 2.45) is 0 Å². The van der Waals surface area contributed by atoms with E-state index in [9.17, 15) is 5.11 Å². The Labute approximate surface area is 110 Å². The minimum absolute atomic E-state index is 0.218. The third-order valence-electron chi connectivity index (χ3n) is 3.90. The Kier molecular flexibility index (Phi) is 5.02. The largest absolute Gasteiger partial charge is 0.395 e. The predicted octanol–water partition coefficient (Wildman–Crippen LogP) is 1.97. The van der Waals surface area contributed by atoms with Gasteiger partial charge in [0.25, 0.3) is 0 Å². The highest BCUT2D eigenvalue weighted by atomic mass is 16.3. The molecular formula is C15H24N2O. The van der Waals surface area contributed by atoms with E-state index in [-0.39, 0.29) is 6.61 Å². The van der Waals surface area contributed by atoms with Gasteiger partial charge in [-0.25, -0.2) is 0 Å². The smallest absolute Gasteiger partial charge is 0.0606 e. The highest BCUT2D eigenvalue weighted by Crippen LogP contribution is 2.20. The van der Waals surface area contributed by atoms with Crippen LogP contribution in [-0.2, 0) is 0 Å². The van der Waals surface area contributed by atoms with Crippen LogP contribution in [0.15, 0.2) is 30.3 Å². The fourth-order valence-electron chi connectivity index (χ4n) is 2.78. The summed E-state index contributed by atoms with van der Waals surface area (Å²) in [5.41, 5.74) is 1.22. The van der Waals surface area contributed by atoms with Crippen LogP contribution >= 0.6 is 0 Å². The van der Waals surface area contributed by atoms with Crippen LogP contribution < -0.4 is 4.90 Å². The zero-order chi connectivity index (χ0) is 12.8. The average Bonchev–Trinajstić information content (AvgIpc) is 2.81. The van der Waals surface area contributed by atoms with E-state index in [1.54, 1.807) is 0 Å². The Morgan fingerprint density at radius 2 is 2.06 bits per heavy atom. The van der Waals surface area contributed by atoms with Gasteiger partial charge in [-0.2, -0.15) is 0 Å². The molecular weight excluding hydrogens is 224 g/mol. The molecule has 1 aromatic rings. The summed E-state index contributed by atoms with van der Waals surface area (Å²) in [6.07, 6.45) is 3.83. The number of aliphatic hydroxyl groups is 1. The molecule has 18 heavy (non-hydrogen) atoms. The van der Waals surface area contributed by atoms with Gasteiger partial charge in [0.05, 0.1) is 6.61 Å². The summed E-state index contributed by atoms with van der Waals surface area (Å²) < 4.78 is 0. The van der Waals surface area contributed by atoms with E-state index >= 15 is 0 Å². The molecule has 1 aliphatic heterocycles. The number of rotatable bonds is 6. The number of hydrogen-bond acceptors (Lipinski definition) is 3. The van der Waals surface area contributed by atoms with Crippen molar-refractivity contribution in [2.75, 3.05) is 38.2 Å². The lowest BCUT2D eigenvalue weighted by molar-refractivity contribution is 0.286. The monoisotopic (exact) mass is 248 g/mol. The van der Waals surface area contributed by atoms with Gasteiger partial charge in [0.1, 0.15) is 0 Å². The maximum atomic E-state index is 9.19. The molecule has 0 aliphatic carbocycles. The van der Waals surface area contributed by atoms with E-state index in [0.717, 1.165) is 19.1 Å². The molecule has 1 N–H and O–H groups in total. The van der Waals surface area contributed by atoms with Gasteiger partial charge in [-0.3, -0.25) is 0 Å². The summed E-state index contributed by atoms with van der Waals surface area (Å²) >= 11 is 0. The minimum atomic E-state index is 0.218. The van der Waals surface area contributed by atoms with Gasteiger partial charge < -0.3 is 14.9 Å². The minimum Gasteiger partial charge on any atom is -0.395 e. The topological polar surface area (TPSA) is 26.7 Å². The molecule has 3 nitrogen and oxygen atoms in total. The second-order valence-corrected chi connectivity index (χ2v) is 5.11. The van der Waals surface area contributed by atoms with Crippen LogP contribution in [0.3, 0.4) is 0 Å². The average molecular weight is 248 g/mol. The standard InChI is InChI=1S/C15H24N2O/c1-16-10-5-8-14(16)9-11-17(12-13-18)15-6-3-2-4-7-15/h2-4,6-7,14,18H,5,8-13H2,1H3. The number of hydrogen-bond donors (Lipinski definition) is 1. The molecule has 0 radical (unpaired) electrons. The maximum Gasteiger partial charge on any atom is 0.0606 e. The van der Waals surface area contributed by atoms with Crippen molar-refractivity contribution in [2.45, 2.75) is 25.3 Å². The van der Waals surface area contributed by atoms with Crippen molar-refractivity contribution in [3.8, 4) is 0 Å². The Bertz CT molecular complexity index is 342. The van der Waals surface area contributed by atoms with Crippen molar-refractivity contribution in [1.82, 2.24) is 4.90 Å². The van der Waals surface area contributed by atoms with Gasteiger partial charge in [-0.05, 0) is 45.0 Å². The number of aliphatic hydroxyl groups excluding tert-OH is 1. The molecule has 1 aromatic carbocycles. The molecule has 1 saturated heterocycles. The van der Waals surface area contributed by atoms with E-state index in [1.165, 1.54) is 31.5 Å². The normalized spacial score (nSPS) is 20.2. The number of para-hydroxylation sites is 1. The van der Waals surface area contributed by atoms with Crippen LogP contribution in [0.2, 0.25) is 0 Å². The van der Waals surface area contributed by atoms with Crippen LogP contribution in [-0.4, -0.2) is 49.3 Å². The summed E-state index contributed by atoms with van der Waals surface area (Å²) in [6, 6.07) is 11.1. The van der Waals surface area contributed by atoms with Crippen LogP contribution in [0.5, 0.6) is 0 Å². The Hall–Kier alpha value is -1.06. The van der Waals surface area contributed by atoms with Gasteiger partial charge in [0.2, 0.25) is 0 Å². The molecule has 0 amide bonds. The zero-order valence-electron chi connectivity index (χ0n) is 11.3. The molecule has 1 atom stereocenters. The van der Waals surface area contributed by atoms with Crippen LogP contribution in [0.1, 0.15) is 19.3 Å². The molecule has 0 saturated carbocycles. The van der Waals surface area contributed by atoms with Crippen molar-refractivity contribution in [1.29, 1.82) is 0 Å². The molecule has 1 unspecified atom stereocenters. The van der Waals surface area contributed by atoms with Crippen molar-refractivity contribution < 1.29 is 5.11 Å². The van der Waals surface area contributed by atoms with Crippen molar-refractivity contribution in [3.05, 3.63) is 30.3 Å². The van der Waals surface area contributed by atoms with Crippen molar-refractivity contribution >= 4 is 5.69 Å². The van der Waals surface area contributed by atoms with Gasteiger partial charge in [0, 0.05) is 24.8 Å². The first-order valence-corrected chi connectivity index (χ1v) is 6.92. The quantitative estimate of drug-likeness (QED) is 0.834.